The van der Waals surface area contributed by atoms with Crippen molar-refractivity contribution in [1.29, 1.82) is 0 Å². The average Bonchev–Trinajstić information content (AvgIpc) is 3.11. The maximum absolute atomic E-state index is 12.9. The lowest BCUT2D eigenvalue weighted by atomic mass is 10.1. The first kappa shape index (κ1) is 25.5. The molecule has 36 heavy (non-hydrogen) atoms. The number of rotatable bonds is 9. The minimum Gasteiger partial charge on any atom is -0.492 e. The van der Waals surface area contributed by atoms with Crippen molar-refractivity contribution in [3.63, 3.8) is 0 Å². The minimum atomic E-state index is -0.459. The van der Waals surface area contributed by atoms with Crippen LogP contribution >= 0.6 is 27.7 Å². The first-order valence-corrected chi connectivity index (χ1v) is 12.5. The maximum Gasteiger partial charge on any atom is 0.293 e. The van der Waals surface area contributed by atoms with E-state index in [4.69, 9.17) is 9.47 Å². The van der Waals surface area contributed by atoms with Crippen LogP contribution in [0.3, 0.4) is 0 Å². The summed E-state index contributed by atoms with van der Waals surface area (Å²) in [5.74, 6) is 0.798. The summed E-state index contributed by atoms with van der Waals surface area (Å²) in [6.45, 7) is 2.46. The highest BCUT2D eigenvalue weighted by Gasteiger charge is 2.35. The lowest BCUT2D eigenvalue weighted by Gasteiger charge is -2.13. The second kappa shape index (κ2) is 11.4. The molecule has 2 amide bonds. The van der Waals surface area contributed by atoms with Crippen molar-refractivity contribution in [2.75, 3.05) is 13.2 Å². The SMILES string of the molecule is Cc1cccc(OCCN2C(=O)S/C(=C\c3cc(Br)ccc3OCc3ccc([N+](=O)[O-])cc3)C2=O)c1. The van der Waals surface area contributed by atoms with E-state index in [-0.39, 0.29) is 41.5 Å². The number of halogens is 1. The number of nitrogens with zero attached hydrogens (tertiary/aromatic N) is 2. The highest BCUT2D eigenvalue weighted by atomic mass is 79.9. The second-order valence-corrected chi connectivity index (χ2v) is 9.80. The van der Waals surface area contributed by atoms with Gasteiger partial charge in [0.1, 0.15) is 24.7 Å². The van der Waals surface area contributed by atoms with Crippen LogP contribution in [0.2, 0.25) is 0 Å². The van der Waals surface area contributed by atoms with Crippen molar-refractivity contribution in [1.82, 2.24) is 4.90 Å². The van der Waals surface area contributed by atoms with Gasteiger partial charge in [-0.3, -0.25) is 24.6 Å². The molecule has 1 heterocycles. The van der Waals surface area contributed by atoms with E-state index in [2.05, 4.69) is 15.9 Å². The summed E-state index contributed by atoms with van der Waals surface area (Å²) >= 11 is 4.30. The molecule has 184 valence electrons. The van der Waals surface area contributed by atoms with Crippen LogP contribution < -0.4 is 9.47 Å². The van der Waals surface area contributed by atoms with Crippen LogP contribution in [0.15, 0.2) is 76.1 Å². The minimum absolute atomic E-state index is 0.00286. The van der Waals surface area contributed by atoms with E-state index < -0.39 is 4.92 Å². The molecule has 0 radical (unpaired) electrons. The summed E-state index contributed by atoms with van der Waals surface area (Å²) in [6.07, 6.45) is 1.63. The van der Waals surface area contributed by atoms with Gasteiger partial charge in [0.2, 0.25) is 0 Å². The van der Waals surface area contributed by atoms with Gasteiger partial charge in [-0.1, -0.05) is 28.1 Å². The number of nitro groups is 1. The summed E-state index contributed by atoms with van der Waals surface area (Å²) in [4.78, 5) is 37.3. The van der Waals surface area contributed by atoms with E-state index in [9.17, 15) is 19.7 Å². The monoisotopic (exact) mass is 568 g/mol. The van der Waals surface area contributed by atoms with Gasteiger partial charge in [-0.25, -0.2) is 0 Å². The van der Waals surface area contributed by atoms with Gasteiger partial charge in [0, 0.05) is 22.2 Å². The number of carbonyl (C=O) groups excluding carboxylic acids is 2. The van der Waals surface area contributed by atoms with E-state index in [1.165, 1.54) is 17.0 Å². The van der Waals surface area contributed by atoms with Crippen molar-refractivity contribution >= 4 is 50.6 Å². The fourth-order valence-corrected chi connectivity index (χ4v) is 4.67. The summed E-state index contributed by atoms with van der Waals surface area (Å²) in [6, 6.07) is 19.0. The van der Waals surface area contributed by atoms with Crippen molar-refractivity contribution in [2.45, 2.75) is 13.5 Å². The van der Waals surface area contributed by atoms with Gasteiger partial charge >= 0.3 is 0 Å². The van der Waals surface area contributed by atoms with Crippen LogP contribution in [0.25, 0.3) is 6.08 Å². The van der Waals surface area contributed by atoms with Gasteiger partial charge in [0.05, 0.1) is 16.4 Å². The zero-order valence-electron chi connectivity index (χ0n) is 19.2. The van der Waals surface area contributed by atoms with Crippen molar-refractivity contribution < 1.29 is 24.0 Å². The summed E-state index contributed by atoms with van der Waals surface area (Å²) < 4.78 is 12.4. The molecule has 10 heteroatoms. The van der Waals surface area contributed by atoms with Crippen LogP contribution in [-0.2, 0) is 11.4 Å². The Bertz CT molecular complexity index is 1340. The number of thioether (sulfide) groups is 1. The topological polar surface area (TPSA) is 99.0 Å². The average molecular weight is 569 g/mol. The number of non-ortho nitro benzene ring substituents is 1. The standard InChI is InChI=1S/C26H21BrN2O6S/c1-17-3-2-4-22(13-17)34-12-11-28-25(30)24(36-26(28)31)15-19-14-20(27)7-10-23(19)35-16-18-5-8-21(9-6-18)29(32)33/h2-10,13-15H,11-12,16H2,1H3/b24-15-. The van der Waals surface area contributed by atoms with E-state index in [0.717, 1.165) is 27.4 Å². The molecule has 0 N–H and O–H groups in total. The fraction of sp³-hybridized carbons (Fsp3) is 0.154. The lowest BCUT2D eigenvalue weighted by molar-refractivity contribution is -0.384. The Morgan fingerprint density at radius 1 is 1.06 bits per heavy atom. The molecule has 0 aromatic heterocycles. The van der Waals surface area contributed by atoms with E-state index in [1.807, 2.05) is 31.2 Å². The molecule has 3 aromatic rings. The normalized spacial score (nSPS) is 14.4. The Labute approximate surface area is 220 Å². The van der Waals surface area contributed by atoms with E-state index in [0.29, 0.717) is 17.1 Å². The van der Waals surface area contributed by atoms with Crippen LogP contribution in [0.5, 0.6) is 11.5 Å². The number of nitro benzene ring substituents is 1. The molecule has 0 saturated carbocycles. The maximum atomic E-state index is 12.9. The molecule has 0 bridgehead atoms. The molecule has 0 atom stereocenters. The van der Waals surface area contributed by atoms with Crippen LogP contribution in [0, 0.1) is 17.0 Å². The predicted molar refractivity (Wildman–Crippen MR) is 141 cm³/mol. The third-order valence-corrected chi connectivity index (χ3v) is 6.65. The van der Waals surface area contributed by atoms with E-state index >= 15 is 0 Å². The molecule has 3 aromatic carbocycles. The fourth-order valence-electron chi connectivity index (χ4n) is 3.43. The largest absolute Gasteiger partial charge is 0.492 e. The molecule has 8 nitrogen and oxygen atoms in total. The third kappa shape index (κ3) is 6.32. The number of imide groups is 1. The summed E-state index contributed by atoms with van der Waals surface area (Å²) in [7, 11) is 0. The van der Waals surface area contributed by atoms with Crippen LogP contribution in [0.4, 0.5) is 10.5 Å². The van der Waals surface area contributed by atoms with Gasteiger partial charge in [-0.15, -0.1) is 0 Å². The van der Waals surface area contributed by atoms with Crippen molar-refractivity contribution in [3.05, 3.63) is 103 Å². The molecular formula is C26H21BrN2O6S. The first-order chi connectivity index (χ1) is 17.3. The zero-order chi connectivity index (χ0) is 25.7. The molecule has 0 aliphatic carbocycles. The Morgan fingerprint density at radius 2 is 1.83 bits per heavy atom. The highest BCUT2D eigenvalue weighted by Crippen LogP contribution is 2.35. The molecule has 0 spiro atoms. The number of hydrogen-bond donors (Lipinski definition) is 0. The first-order valence-electron chi connectivity index (χ1n) is 10.9. The van der Waals surface area contributed by atoms with Gasteiger partial charge in [-0.2, -0.15) is 0 Å². The molecule has 4 rings (SSSR count). The molecule has 0 unspecified atom stereocenters. The van der Waals surface area contributed by atoms with Crippen molar-refractivity contribution in [2.24, 2.45) is 0 Å². The molecule has 1 saturated heterocycles. The highest BCUT2D eigenvalue weighted by molar-refractivity contribution is 9.10. The van der Waals surface area contributed by atoms with Gasteiger partial charge < -0.3 is 9.47 Å². The van der Waals surface area contributed by atoms with E-state index in [1.54, 1.807) is 36.4 Å². The number of aryl methyl sites for hydroxylation is 1. The zero-order valence-corrected chi connectivity index (χ0v) is 21.6. The molecule has 1 aliphatic rings. The number of amides is 2. The molecule has 1 aliphatic heterocycles. The smallest absolute Gasteiger partial charge is 0.293 e. The van der Waals surface area contributed by atoms with Gasteiger partial charge in [0.25, 0.3) is 16.8 Å². The number of ether oxygens (including phenoxy) is 2. The third-order valence-electron chi connectivity index (χ3n) is 5.25. The Hall–Kier alpha value is -3.63. The quantitative estimate of drug-likeness (QED) is 0.168. The molecular weight excluding hydrogens is 548 g/mol. The lowest BCUT2D eigenvalue weighted by Crippen LogP contribution is -2.32. The summed E-state index contributed by atoms with van der Waals surface area (Å²) in [5, 5.41) is 10.5. The second-order valence-electron chi connectivity index (χ2n) is 7.89. The van der Waals surface area contributed by atoms with Gasteiger partial charge in [0.15, 0.2) is 0 Å². The number of hydrogen-bond acceptors (Lipinski definition) is 7. The predicted octanol–water partition coefficient (Wildman–Crippen LogP) is 6.36. The number of carbonyl (C=O) groups is 2. The Balaban J connectivity index is 1.44. The van der Waals surface area contributed by atoms with Crippen LogP contribution in [-0.4, -0.2) is 34.1 Å². The van der Waals surface area contributed by atoms with Crippen molar-refractivity contribution in [3.8, 4) is 11.5 Å². The molecule has 1 fully saturated rings. The van der Waals surface area contributed by atoms with Crippen LogP contribution in [0.1, 0.15) is 16.7 Å². The Kier molecular flexibility index (Phi) is 8.07. The summed E-state index contributed by atoms with van der Waals surface area (Å²) in [5.41, 5.74) is 2.43. The number of benzene rings is 3. The van der Waals surface area contributed by atoms with Gasteiger partial charge in [-0.05, 0) is 78.4 Å². The Morgan fingerprint density at radius 3 is 2.56 bits per heavy atom.